The molecule has 27 heavy (non-hydrogen) atoms. The number of para-hydroxylation sites is 1. The molecule has 0 radical (unpaired) electrons. The molecule has 0 aliphatic carbocycles. The molecule has 146 valence electrons. The molecule has 0 saturated carbocycles. The summed E-state index contributed by atoms with van der Waals surface area (Å²) in [5, 5.41) is 15.3. The van der Waals surface area contributed by atoms with E-state index in [1.165, 1.54) is 11.1 Å². The lowest BCUT2D eigenvalue weighted by Gasteiger charge is -2.44. The van der Waals surface area contributed by atoms with E-state index in [4.69, 9.17) is 0 Å². The second-order valence-electron chi connectivity index (χ2n) is 8.08. The van der Waals surface area contributed by atoms with Crippen molar-refractivity contribution in [3.8, 4) is 5.69 Å². The highest BCUT2D eigenvalue weighted by molar-refractivity contribution is 5.39. The maximum Gasteiger partial charge on any atom is 0.0822 e. The summed E-state index contributed by atoms with van der Waals surface area (Å²) in [6.07, 6.45) is 4.83. The molecular weight excluding hydrogens is 338 g/mol. The Morgan fingerprint density at radius 2 is 1.89 bits per heavy atom. The van der Waals surface area contributed by atoms with Crippen LogP contribution in [-0.4, -0.2) is 88.0 Å². The van der Waals surface area contributed by atoms with Crippen molar-refractivity contribution in [2.24, 2.45) is 0 Å². The molecule has 2 saturated heterocycles. The van der Waals surface area contributed by atoms with Crippen LogP contribution in [0.3, 0.4) is 0 Å². The molecule has 2 atom stereocenters. The Morgan fingerprint density at radius 3 is 2.63 bits per heavy atom. The number of rotatable bonds is 4. The zero-order valence-corrected chi connectivity index (χ0v) is 16.5. The van der Waals surface area contributed by atoms with Gasteiger partial charge >= 0.3 is 0 Å². The normalized spacial score (nSPS) is 25.7. The molecule has 0 amide bonds. The van der Waals surface area contributed by atoms with Gasteiger partial charge < -0.3 is 10.0 Å². The SMILES string of the molecule is Cc1ccccc1-n1cc(CN2CC[C@@H](N3CCN(C)CC3)[C@H](O)C2)cn1. The van der Waals surface area contributed by atoms with E-state index in [-0.39, 0.29) is 6.10 Å². The highest BCUT2D eigenvalue weighted by Crippen LogP contribution is 2.21. The lowest BCUT2D eigenvalue weighted by Crippen LogP contribution is -2.58. The Labute approximate surface area is 162 Å². The average molecular weight is 370 g/mol. The summed E-state index contributed by atoms with van der Waals surface area (Å²) in [5.74, 6) is 0. The fourth-order valence-corrected chi connectivity index (χ4v) is 4.36. The molecule has 0 unspecified atom stereocenters. The standard InChI is InChI=1S/C21H31N5O/c1-17-5-3-4-6-19(17)26-15-18(13-22-26)14-24-8-7-20(21(27)16-24)25-11-9-23(2)10-12-25/h3-6,13,15,20-21,27H,7-12,14,16H2,1-2H3/t20-,21-/m1/s1. The smallest absolute Gasteiger partial charge is 0.0822 e. The monoisotopic (exact) mass is 369 g/mol. The van der Waals surface area contributed by atoms with Crippen LogP contribution in [0.2, 0.25) is 0 Å². The van der Waals surface area contributed by atoms with Crippen molar-refractivity contribution >= 4 is 0 Å². The van der Waals surface area contributed by atoms with Gasteiger partial charge in [0.15, 0.2) is 0 Å². The number of hydrogen-bond acceptors (Lipinski definition) is 5. The Bertz CT molecular complexity index is 753. The van der Waals surface area contributed by atoms with Gasteiger partial charge in [0.2, 0.25) is 0 Å². The van der Waals surface area contributed by atoms with Crippen molar-refractivity contribution in [1.82, 2.24) is 24.5 Å². The second kappa shape index (κ2) is 8.10. The Hall–Kier alpha value is -1.73. The number of nitrogens with zero attached hydrogens (tertiary/aromatic N) is 5. The average Bonchev–Trinajstić information content (AvgIpc) is 3.11. The van der Waals surface area contributed by atoms with Crippen LogP contribution < -0.4 is 0 Å². The van der Waals surface area contributed by atoms with E-state index in [9.17, 15) is 5.11 Å². The number of piperidine rings is 1. The number of likely N-dealkylation sites (tertiary alicyclic amines) is 1. The van der Waals surface area contributed by atoms with Crippen molar-refractivity contribution in [1.29, 1.82) is 0 Å². The fourth-order valence-electron chi connectivity index (χ4n) is 4.36. The van der Waals surface area contributed by atoms with Crippen LogP contribution in [0.1, 0.15) is 17.5 Å². The van der Waals surface area contributed by atoms with E-state index in [1.54, 1.807) is 0 Å². The first-order chi connectivity index (χ1) is 13.1. The minimum atomic E-state index is -0.270. The van der Waals surface area contributed by atoms with Gasteiger partial charge in [0.1, 0.15) is 0 Å². The molecule has 2 aromatic rings. The van der Waals surface area contributed by atoms with Gasteiger partial charge in [0.25, 0.3) is 0 Å². The number of aliphatic hydroxyl groups is 1. The molecule has 2 aliphatic rings. The summed E-state index contributed by atoms with van der Waals surface area (Å²) in [7, 11) is 2.17. The van der Waals surface area contributed by atoms with E-state index in [2.05, 4.69) is 58.2 Å². The van der Waals surface area contributed by atoms with E-state index in [0.29, 0.717) is 6.04 Å². The molecule has 1 aromatic heterocycles. The van der Waals surface area contributed by atoms with Crippen molar-refractivity contribution in [2.75, 3.05) is 46.3 Å². The third-order valence-electron chi connectivity index (χ3n) is 6.04. The third-order valence-corrected chi connectivity index (χ3v) is 6.04. The summed E-state index contributed by atoms with van der Waals surface area (Å²) in [5.41, 5.74) is 3.54. The molecule has 1 aromatic carbocycles. The van der Waals surface area contributed by atoms with Gasteiger partial charge in [-0.05, 0) is 32.0 Å². The number of piperazine rings is 1. The lowest BCUT2D eigenvalue weighted by atomic mass is 9.99. The van der Waals surface area contributed by atoms with Crippen LogP contribution in [0.15, 0.2) is 36.7 Å². The number of aryl methyl sites for hydroxylation is 1. The minimum absolute atomic E-state index is 0.270. The first-order valence-electron chi connectivity index (χ1n) is 10.0. The molecule has 3 heterocycles. The van der Waals surface area contributed by atoms with Crippen LogP contribution in [0.4, 0.5) is 0 Å². The zero-order valence-electron chi connectivity index (χ0n) is 16.5. The van der Waals surface area contributed by atoms with Gasteiger partial charge in [0.05, 0.1) is 18.0 Å². The van der Waals surface area contributed by atoms with Gasteiger partial charge in [-0.2, -0.15) is 5.10 Å². The van der Waals surface area contributed by atoms with Crippen molar-refractivity contribution in [2.45, 2.75) is 32.0 Å². The van der Waals surface area contributed by atoms with Crippen molar-refractivity contribution in [3.63, 3.8) is 0 Å². The Kier molecular flexibility index (Phi) is 5.59. The van der Waals surface area contributed by atoms with Crippen molar-refractivity contribution < 1.29 is 5.11 Å². The second-order valence-corrected chi connectivity index (χ2v) is 8.08. The maximum atomic E-state index is 10.7. The first kappa shape index (κ1) is 18.6. The highest BCUT2D eigenvalue weighted by Gasteiger charge is 2.33. The molecule has 4 rings (SSSR count). The van der Waals surface area contributed by atoms with E-state index >= 15 is 0 Å². The molecule has 6 nitrogen and oxygen atoms in total. The van der Waals surface area contributed by atoms with Crippen LogP contribution in [0, 0.1) is 6.92 Å². The summed E-state index contributed by atoms with van der Waals surface area (Å²) in [6.45, 7) is 9.07. The van der Waals surface area contributed by atoms with Gasteiger partial charge in [-0.15, -0.1) is 0 Å². The van der Waals surface area contributed by atoms with Gasteiger partial charge in [-0.25, -0.2) is 4.68 Å². The summed E-state index contributed by atoms with van der Waals surface area (Å²) >= 11 is 0. The molecule has 2 aliphatic heterocycles. The van der Waals surface area contributed by atoms with E-state index < -0.39 is 0 Å². The van der Waals surface area contributed by atoms with Crippen LogP contribution in [0.25, 0.3) is 5.69 Å². The summed E-state index contributed by atoms with van der Waals surface area (Å²) in [6, 6.07) is 8.61. The predicted octanol–water partition coefficient (Wildman–Crippen LogP) is 1.36. The van der Waals surface area contributed by atoms with E-state index in [1.807, 2.05) is 16.9 Å². The maximum absolute atomic E-state index is 10.7. The van der Waals surface area contributed by atoms with Crippen LogP contribution in [-0.2, 0) is 6.54 Å². The minimum Gasteiger partial charge on any atom is -0.390 e. The zero-order chi connectivity index (χ0) is 18.8. The molecular formula is C21H31N5O. The van der Waals surface area contributed by atoms with Crippen LogP contribution >= 0.6 is 0 Å². The number of likely N-dealkylation sites (N-methyl/N-ethyl adjacent to an activating group) is 1. The molecule has 1 N–H and O–H groups in total. The lowest BCUT2D eigenvalue weighted by molar-refractivity contribution is -0.0286. The number of benzene rings is 1. The van der Waals surface area contributed by atoms with Crippen LogP contribution in [0.5, 0.6) is 0 Å². The van der Waals surface area contributed by atoms with Crippen molar-refractivity contribution in [3.05, 3.63) is 47.8 Å². The number of aromatic nitrogens is 2. The fraction of sp³-hybridized carbons (Fsp3) is 0.571. The largest absolute Gasteiger partial charge is 0.390 e. The number of β-amino-alcohol motifs (C(OH)–C–C–N with tert-alkyl or cyclic N) is 1. The highest BCUT2D eigenvalue weighted by atomic mass is 16.3. The molecule has 0 spiro atoms. The molecule has 2 fully saturated rings. The Balaban J connectivity index is 1.34. The number of hydrogen-bond donors (Lipinski definition) is 1. The topological polar surface area (TPSA) is 47.8 Å². The first-order valence-corrected chi connectivity index (χ1v) is 10.0. The van der Waals surface area contributed by atoms with Gasteiger partial charge in [0, 0.05) is 63.6 Å². The van der Waals surface area contributed by atoms with Gasteiger partial charge in [-0.1, -0.05) is 18.2 Å². The Morgan fingerprint density at radius 1 is 1.11 bits per heavy atom. The predicted molar refractivity (Wildman–Crippen MR) is 107 cm³/mol. The summed E-state index contributed by atoms with van der Waals surface area (Å²) in [4.78, 5) is 7.21. The molecule has 0 bridgehead atoms. The number of aliphatic hydroxyl groups excluding tert-OH is 1. The summed E-state index contributed by atoms with van der Waals surface area (Å²) < 4.78 is 1.96. The quantitative estimate of drug-likeness (QED) is 0.882. The molecule has 6 heteroatoms. The van der Waals surface area contributed by atoms with E-state index in [0.717, 1.165) is 57.9 Å². The van der Waals surface area contributed by atoms with Gasteiger partial charge in [-0.3, -0.25) is 9.80 Å². The third kappa shape index (κ3) is 4.24.